The van der Waals surface area contributed by atoms with Gasteiger partial charge in [-0.2, -0.15) is 0 Å². The molecule has 0 aromatic carbocycles. The second-order valence-corrected chi connectivity index (χ2v) is 2.25. The van der Waals surface area contributed by atoms with Gasteiger partial charge in [-0.05, 0) is 0 Å². The maximum atomic E-state index is 10.4. The van der Waals surface area contributed by atoms with Crippen LogP contribution in [0.2, 0.25) is 0 Å². The topological polar surface area (TPSA) is 43.4 Å². The summed E-state index contributed by atoms with van der Waals surface area (Å²) in [6.45, 7) is 1.37. The summed E-state index contributed by atoms with van der Waals surface area (Å²) in [7, 11) is 0. The Labute approximate surface area is 68.6 Å². The van der Waals surface area contributed by atoms with E-state index >= 15 is 0 Å². The van der Waals surface area contributed by atoms with Crippen LogP contribution in [-0.4, -0.2) is 16.1 Å². The summed E-state index contributed by atoms with van der Waals surface area (Å²) in [5.74, 6) is -0.566. The van der Waals surface area contributed by atoms with Crippen molar-refractivity contribution in [3.63, 3.8) is 0 Å². The third kappa shape index (κ3) is 5.90. The molecule has 0 saturated heterocycles. The van der Waals surface area contributed by atoms with E-state index in [1.165, 1.54) is 6.92 Å². The van der Waals surface area contributed by atoms with Crippen LogP contribution in [0.3, 0.4) is 0 Å². The monoisotopic (exact) mass is 205 g/mol. The summed E-state index contributed by atoms with van der Waals surface area (Å²) in [4.78, 5) is 20.7. The molecule has 0 amide bonds. The Hall–Kier alpha value is 0.0231. The number of carbonyl (C=O) groups excluding carboxylic acids is 2. The number of hydrogen-bond acceptors (Lipinski definition) is 3. The van der Waals surface area contributed by atoms with Gasteiger partial charge in [0.05, 0.1) is 0 Å². The molecule has 0 aromatic heterocycles. The number of rotatable bonds is 3. The van der Waals surface area contributed by atoms with Crippen molar-refractivity contribution in [2.75, 3.05) is 4.31 Å². The first-order valence-electron chi connectivity index (χ1n) is 2.46. The fourth-order valence-corrected chi connectivity index (χ4v) is 0.731. The van der Waals surface area contributed by atoms with E-state index in [-0.39, 0.29) is 12.2 Å². The van der Waals surface area contributed by atoms with Gasteiger partial charge < -0.3 is 0 Å². The van der Waals surface area contributed by atoms with Crippen molar-refractivity contribution in [1.82, 2.24) is 0 Å². The predicted octanol–water partition coefficient (Wildman–Crippen LogP) is 0.0130. The third-order valence-corrected chi connectivity index (χ3v) is 0.981. The third-order valence-electron chi connectivity index (χ3n) is 0.626. The first-order chi connectivity index (χ1) is 4.16. The molecule has 0 unspecified atom stereocenters. The minimum absolute atomic E-state index is 0.0889. The van der Waals surface area contributed by atoms with E-state index in [9.17, 15) is 9.59 Å². The average Bonchev–Trinajstić information content (AvgIpc) is 1.63. The van der Waals surface area contributed by atoms with Gasteiger partial charge in [0, 0.05) is 0 Å². The Morgan fingerprint density at radius 2 is 2.11 bits per heavy atom. The first kappa shape index (κ1) is 9.02. The number of ether oxygens (including phenoxy) is 1. The van der Waals surface area contributed by atoms with Crippen LogP contribution in [0.15, 0.2) is 0 Å². The molecule has 0 spiro atoms. The van der Waals surface area contributed by atoms with Crippen molar-refractivity contribution in [2.45, 2.75) is 13.3 Å². The predicted molar refractivity (Wildman–Crippen MR) is 26.3 cm³/mol. The van der Waals surface area contributed by atoms with Crippen LogP contribution < -0.4 is 0 Å². The number of Topliss-reactive ketones (excluding diaryl/α,β-unsaturated/α-hetero) is 1. The molecule has 0 bridgehead atoms. The Kier molecular flexibility index (Phi) is 4.87. The van der Waals surface area contributed by atoms with Gasteiger partial charge in [-0.3, -0.25) is 0 Å². The quantitative estimate of drug-likeness (QED) is 0.483. The second-order valence-electron chi connectivity index (χ2n) is 1.54. The standard InChI is InChI=1S/C5H7O3.Zr/c1-4(6)3-5(7)8-2;/h2-3H2,1H3;. The molecule has 0 aliphatic carbocycles. The molecule has 0 saturated carbocycles. The zero-order valence-corrected chi connectivity index (χ0v) is 7.60. The molecule has 0 rings (SSSR count). The van der Waals surface area contributed by atoms with Gasteiger partial charge in [0.2, 0.25) is 0 Å². The Bertz CT molecular complexity index is 121. The zero-order chi connectivity index (χ0) is 7.28. The van der Waals surface area contributed by atoms with Crippen LogP contribution in [0.25, 0.3) is 0 Å². The molecule has 0 aliphatic rings. The van der Waals surface area contributed by atoms with Gasteiger partial charge in [-0.15, -0.1) is 0 Å². The van der Waals surface area contributed by atoms with Gasteiger partial charge in [0.25, 0.3) is 0 Å². The van der Waals surface area contributed by atoms with Crippen LogP contribution in [0.1, 0.15) is 13.3 Å². The van der Waals surface area contributed by atoms with Crippen molar-refractivity contribution in [2.24, 2.45) is 0 Å². The fraction of sp³-hybridized carbons (Fsp3) is 0.600. The second kappa shape index (κ2) is 4.86. The van der Waals surface area contributed by atoms with Gasteiger partial charge in [0.1, 0.15) is 0 Å². The van der Waals surface area contributed by atoms with Crippen LogP contribution >= 0.6 is 0 Å². The van der Waals surface area contributed by atoms with E-state index in [0.29, 0.717) is 4.31 Å². The first-order valence-corrected chi connectivity index (χ1v) is 4.20. The zero-order valence-electron chi connectivity index (χ0n) is 5.14. The molecular formula is C5H7O3Zr. The molecule has 4 heteroatoms. The Morgan fingerprint density at radius 1 is 1.56 bits per heavy atom. The SMILES string of the molecule is CC(=O)CC(=O)O[CH2][Zr]. The van der Waals surface area contributed by atoms with Gasteiger partial charge in [0.15, 0.2) is 0 Å². The molecule has 0 fully saturated rings. The molecule has 0 aromatic rings. The van der Waals surface area contributed by atoms with Gasteiger partial charge in [-0.25, -0.2) is 0 Å². The maximum absolute atomic E-state index is 10.4. The number of esters is 1. The molecule has 0 N–H and O–H groups in total. The van der Waals surface area contributed by atoms with E-state index in [2.05, 4.69) is 4.74 Å². The molecule has 0 atom stereocenters. The number of hydrogen-bond donors (Lipinski definition) is 0. The van der Waals surface area contributed by atoms with Crippen molar-refractivity contribution < 1.29 is 39.0 Å². The molecule has 0 radical (unpaired) electrons. The van der Waals surface area contributed by atoms with Crippen molar-refractivity contribution in [3.8, 4) is 0 Å². The summed E-state index contributed by atoms with van der Waals surface area (Å²) in [6, 6.07) is 0. The van der Waals surface area contributed by atoms with Crippen molar-refractivity contribution in [3.05, 3.63) is 0 Å². The summed E-state index contributed by atoms with van der Waals surface area (Å²) >= 11 is 1.14. The molecule has 0 heterocycles. The molecule has 0 aliphatic heterocycles. The molecule has 3 nitrogen and oxygen atoms in total. The van der Waals surface area contributed by atoms with Crippen LogP contribution in [0, 0.1) is 0 Å². The van der Waals surface area contributed by atoms with E-state index in [0.717, 1.165) is 24.7 Å². The van der Waals surface area contributed by atoms with Gasteiger partial charge in [-0.1, -0.05) is 0 Å². The van der Waals surface area contributed by atoms with E-state index in [1.54, 1.807) is 0 Å². The number of carbonyl (C=O) groups is 2. The van der Waals surface area contributed by atoms with Crippen LogP contribution in [0.4, 0.5) is 0 Å². The summed E-state index contributed by atoms with van der Waals surface area (Å²) in [5.41, 5.74) is 0. The molecule has 49 valence electrons. The van der Waals surface area contributed by atoms with E-state index in [4.69, 9.17) is 0 Å². The summed E-state index contributed by atoms with van der Waals surface area (Å²) in [6.07, 6.45) is -0.0889. The van der Waals surface area contributed by atoms with Crippen LogP contribution in [-0.2, 0) is 39.0 Å². The van der Waals surface area contributed by atoms with E-state index < -0.39 is 5.97 Å². The van der Waals surface area contributed by atoms with Crippen molar-refractivity contribution >= 4 is 11.8 Å². The minimum atomic E-state index is -0.417. The van der Waals surface area contributed by atoms with E-state index in [1.807, 2.05) is 0 Å². The van der Waals surface area contributed by atoms with Crippen molar-refractivity contribution in [1.29, 1.82) is 0 Å². The van der Waals surface area contributed by atoms with Gasteiger partial charge >= 0.3 is 68.5 Å². The molecular weight excluding hydrogens is 199 g/mol. The van der Waals surface area contributed by atoms with Crippen LogP contribution in [0.5, 0.6) is 0 Å². The Balaban J connectivity index is 3.39. The average molecular weight is 206 g/mol. The normalized spacial score (nSPS) is 8.44. The number of ketones is 1. The summed E-state index contributed by atoms with van der Waals surface area (Å²) < 4.78 is 4.96. The molecule has 9 heavy (non-hydrogen) atoms. The Morgan fingerprint density at radius 3 is 2.44 bits per heavy atom. The fourth-order valence-electron chi connectivity index (χ4n) is 0.335. The summed E-state index contributed by atoms with van der Waals surface area (Å²) in [5, 5.41) is 0.